The molecular formula is C20H35N5O. The van der Waals surface area contributed by atoms with Gasteiger partial charge in [-0.15, -0.1) is 0 Å². The molecule has 1 aromatic rings. The van der Waals surface area contributed by atoms with E-state index in [-0.39, 0.29) is 0 Å². The van der Waals surface area contributed by atoms with Gasteiger partial charge in [-0.3, -0.25) is 4.99 Å². The normalized spacial score (nSPS) is 16.5. The molecule has 0 spiro atoms. The molecule has 0 bridgehead atoms. The molecule has 1 aromatic carbocycles. The Morgan fingerprint density at radius 1 is 1.08 bits per heavy atom. The summed E-state index contributed by atoms with van der Waals surface area (Å²) in [5.41, 5.74) is 0. The highest BCUT2D eigenvalue weighted by Gasteiger charge is 2.12. The van der Waals surface area contributed by atoms with Gasteiger partial charge in [0.25, 0.3) is 0 Å². The Morgan fingerprint density at radius 2 is 1.85 bits per heavy atom. The number of benzene rings is 1. The monoisotopic (exact) mass is 361 g/mol. The molecule has 0 amide bonds. The summed E-state index contributed by atoms with van der Waals surface area (Å²) in [7, 11) is 2.20. The lowest BCUT2D eigenvalue weighted by molar-refractivity contribution is 0.152. The maximum atomic E-state index is 5.70. The Morgan fingerprint density at radius 3 is 2.58 bits per heavy atom. The minimum atomic E-state index is 0.623. The molecule has 0 aliphatic carbocycles. The molecule has 6 heteroatoms. The predicted molar refractivity (Wildman–Crippen MR) is 109 cm³/mol. The Bertz CT molecular complexity index is 500. The number of rotatable bonds is 10. The smallest absolute Gasteiger partial charge is 0.191 e. The summed E-state index contributed by atoms with van der Waals surface area (Å²) in [6.45, 7) is 11.2. The SMILES string of the molecule is CCNC(=NCCCCN1CCN(C)CC1)NCCOc1ccccc1. The number of guanidine groups is 1. The van der Waals surface area contributed by atoms with Gasteiger partial charge in [0, 0.05) is 39.3 Å². The zero-order valence-electron chi connectivity index (χ0n) is 16.4. The third-order valence-corrected chi connectivity index (χ3v) is 4.50. The van der Waals surface area contributed by atoms with Gasteiger partial charge in [-0.1, -0.05) is 18.2 Å². The fourth-order valence-corrected chi connectivity index (χ4v) is 2.91. The fourth-order valence-electron chi connectivity index (χ4n) is 2.91. The van der Waals surface area contributed by atoms with Crippen LogP contribution in [0.4, 0.5) is 0 Å². The minimum Gasteiger partial charge on any atom is -0.492 e. The van der Waals surface area contributed by atoms with Gasteiger partial charge in [-0.05, 0) is 45.5 Å². The van der Waals surface area contributed by atoms with Gasteiger partial charge in [0.1, 0.15) is 12.4 Å². The van der Waals surface area contributed by atoms with Crippen LogP contribution in [0.2, 0.25) is 0 Å². The number of nitrogens with zero attached hydrogens (tertiary/aromatic N) is 3. The van der Waals surface area contributed by atoms with Gasteiger partial charge in [0.05, 0.1) is 6.54 Å². The van der Waals surface area contributed by atoms with Crippen molar-refractivity contribution in [1.29, 1.82) is 0 Å². The zero-order valence-corrected chi connectivity index (χ0v) is 16.4. The van der Waals surface area contributed by atoms with Crippen molar-refractivity contribution in [3.05, 3.63) is 30.3 Å². The van der Waals surface area contributed by atoms with E-state index in [1.807, 2.05) is 30.3 Å². The summed E-state index contributed by atoms with van der Waals surface area (Å²) in [5.74, 6) is 1.78. The topological polar surface area (TPSA) is 52.1 Å². The molecule has 1 saturated heterocycles. The van der Waals surface area contributed by atoms with Crippen molar-refractivity contribution in [2.75, 3.05) is 66.0 Å². The molecule has 2 N–H and O–H groups in total. The van der Waals surface area contributed by atoms with E-state index in [4.69, 9.17) is 4.74 Å². The third kappa shape index (κ3) is 8.54. The largest absolute Gasteiger partial charge is 0.492 e. The molecule has 6 nitrogen and oxygen atoms in total. The molecule has 0 saturated carbocycles. The maximum absolute atomic E-state index is 5.70. The number of aliphatic imine (C=N–C) groups is 1. The van der Waals surface area contributed by atoms with E-state index < -0.39 is 0 Å². The fraction of sp³-hybridized carbons (Fsp3) is 0.650. The molecule has 0 unspecified atom stereocenters. The molecule has 1 fully saturated rings. The summed E-state index contributed by atoms with van der Waals surface area (Å²) in [6.07, 6.45) is 2.34. The van der Waals surface area contributed by atoms with Crippen molar-refractivity contribution in [3.8, 4) is 5.75 Å². The molecular weight excluding hydrogens is 326 g/mol. The lowest BCUT2D eigenvalue weighted by Crippen LogP contribution is -2.44. The van der Waals surface area contributed by atoms with Crippen LogP contribution in [-0.2, 0) is 0 Å². The summed E-state index contributed by atoms with van der Waals surface area (Å²) in [6, 6.07) is 9.90. The Hall–Kier alpha value is -1.79. The van der Waals surface area contributed by atoms with Gasteiger partial charge in [0.2, 0.25) is 0 Å². The number of hydrogen-bond donors (Lipinski definition) is 2. The Kier molecular flexibility index (Phi) is 9.90. The van der Waals surface area contributed by atoms with E-state index in [1.165, 1.54) is 39.1 Å². The molecule has 0 radical (unpaired) electrons. The summed E-state index contributed by atoms with van der Waals surface area (Å²) >= 11 is 0. The Balaban J connectivity index is 1.56. The average molecular weight is 362 g/mol. The van der Waals surface area contributed by atoms with E-state index in [1.54, 1.807) is 0 Å². The van der Waals surface area contributed by atoms with E-state index in [9.17, 15) is 0 Å². The second-order valence-corrected chi connectivity index (χ2v) is 6.70. The van der Waals surface area contributed by atoms with E-state index >= 15 is 0 Å². The van der Waals surface area contributed by atoms with Crippen LogP contribution in [-0.4, -0.2) is 81.8 Å². The molecule has 146 valence electrons. The van der Waals surface area contributed by atoms with Gasteiger partial charge >= 0.3 is 0 Å². The second kappa shape index (κ2) is 12.5. The molecule has 1 heterocycles. The van der Waals surface area contributed by atoms with Crippen LogP contribution in [0.3, 0.4) is 0 Å². The highest BCUT2D eigenvalue weighted by atomic mass is 16.5. The molecule has 0 atom stereocenters. The highest BCUT2D eigenvalue weighted by Crippen LogP contribution is 2.07. The minimum absolute atomic E-state index is 0.623. The molecule has 1 aliphatic heterocycles. The number of nitrogens with one attached hydrogen (secondary N) is 2. The van der Waals surface area contributed by atoms with Crippen LogP contribution >= 0.6 is 0 Å². The first-order valence-corrected chi connectivity index (χ1v) is 9.89. The van der Waals surface area contributed by atoms with E-state index in [0.29, 0.717) is 6.61 Å². The van der Waals surface area contributed by atoms with Crippen molar-refractivity contribution in [1.82, 2.24) is 20.4 Å². The highest BCUT2D eigenvalue weighted by molar-refractivity contribution is 5.79. The number of hydrogen-bond acceptors (Lipinski definition) is 4. The van der Waals surface area contributed by atoms with Crippen LogP contribution in [0.15, 0.2) is 35.3 Å². The number of likely N-dealkylation sites (N-methyl/N-ethyl adjacent to an activating group) is 1. The van der Waals surface area contributed by atoms with Crippen LogP contribution < -0.4 is 15.4 Å². The predicted octanol–water partition coefficient (Wildman–Crippen LogP) is 1.65. The number of piperazine rings is 1. The Labute approximate surface area is 158 Å². The van der Waals surface area contributed by atoms with Crippen molar-refractivity contribution >= 4 is 5.96 Å². The first-order chi connectivity index (χ1) is 12.8. The summed E-state index contributed by atoms with van der Waals surface area (Å²) in [5, 5.41) is 6.63. The van der Waals surface area contributed by atoms with E-state index in [2.05, 4.69) is 39.4 Å². The second-order valence-electron chi connectivity index (χ2n) is 6.70. The van der Waals surface area contributed by atoms with Crippen LogP contribution in [0.1, 0.15) is 19.8 Å². The van der Waals surface area contributed by atoms with Crippen LogP contribution in [0, 0.1) is 0 Å². The summed E-state index contributed by atoms with van der Waals surface area (Å²) in [4.78, 5) is 9.63. The van der Waals surface area contributed by atoms with Crippen LogP contribution in [0.5, 0.6) is 5.75 Å². The first-order valence-electron chi connectivity index (χ1n) is 9.89. The lowest BCUT2D eigenvalue weighted by atomic mass is 10.2. The van der Waals surface area contributed by atoms with E-state index in [0.717, 1.165) is 37.8 Å². The van der Waals surface area contributed by atoms with Gasteiger partial charge in [-0.2, -0.15) is 0 Å². The first kappa shape index (κ1) is 20.5. The third-order valence-electron chi connectivity index (χ3n) is 4.50. The van der Waals surface area contributed by atoms with Crippen molar-refractivity contribution in [3.63, 3.8) is 0 Å². The average Bonchev–Trinajstić information content (AvgIpc) is 2.67. The van der Waals surface area contributed by atoms with Gasteiger partial charge < -0.3 is 25.2 Å². The molecule has 2 rings (SSSR count). The lowest BCUT2D eigenvalue weighted by Gasteiger charge is -2.32. The molecule has 26 heavy (non-hydrogen) atoms. The standard InChI is InChI=1S/C20H35N5O/c1-3-21-20(23-12-18-26-19-9-5-4-6-10-19)22-11-7-8-13-25-16-14-24(2)15-17-25/h4-6,9-10H,3,7-8,11-18H2,1-2H3,(H2,21,22,23). The molecule has 1 aliphatic rings. The summed E-state index contributed by atoms with van der Waals surface area (Å²) < 4.78 is 5.70. The number of unbranched alkanes of at least 4 members (excludes halogenated alkanes) is 1. The maximum Gasteiger partial charge on any atom is 0.191 e. The zero-order chi connectivity index (χ0) is 18.5. The molecule has 0 aromatic heterocycles. The van der Waals surface area contributed by atoms with Crippen molar-refractivity contribution in [2.24, 2.45) is 4.99 Å². The number of para-hydroxylation sites is 1. The van der Waals surface area contributed by atoms with Crippen molar-refractivity contribution in [2.45, 2.75) is 19.8 Å². The van der Waals surface area contributed by atoms with Crippen molar-refractivity contribution < 1.29 is 4.74 Å². The van der Waals surface area contributed by atoms with Gasteiger partial charge in [-0.25, -0.2) is 0 Å². The number of ether oxygens (including phenoxy) is 1. The van der Waals surface area contributed by atoms with Crippen LogP contribution in [0.25, 0.3) is 0 Å². The quantitative estimate of drug-likeness (QED) is 0.377. The van der Waals surface area contributed by atoms with Gasteiger partial charge in [0.15, 0.2) is 5.96 Å².